The second-order valence-electron chi connectivity index (χ2n) is 6.31. The van der Waals surface area contributed by atoms with Crippen LogP contribution in [0.4, 0.5) is 13.2 Å². The third kappa shape index (κ3) is 3.60. The lowest BCUT2D eigenvalue weighted by molar-refractivity contribution is -0.137. The van der Waals surface area contributed by atoms with Gasteiger partial charge in [-0.1, -0.05) is 19.1 Å². The van der Waals surface area contributed by atoms with Gasteiger partial charge in [0.1, 0.15) is 5.82 Å². The molecule has 0 radical (unpaired) electrons. The number of nitrogens with zero attached hydrogens (tertiary/aromatic N) is 2. The van der Waals surface area contributed by atoms with Gasteiger partial charge in [-0.05, 0) is 30.5 Å². The summed E-state index contributed by atoms with van der Waals surface area (Å²) in [4.78, 5) is 15.8. The fraction of sp³-hybridized carbons (Fsp3) is 0.444. The molecule has 0 saturated carbocycles. The van der Waals surface area contributed by atoms with E-state index in [1.165, 1.54) is 12.1 Å². The minimum atomic E-state index is -4.34. The molecular weight excluding hydrogens is 347 g/mol. The molecule has 0 aliphatic carbocycles. The van der Waals surface area contributed by atoms with Gasteiger partial charge in [0.15, 0.2) is 5.69 Å². The first kappa shape index (κ1) is 18.4. The number of aromatic carboxylic acids is 1. The predicted octanol–water partition coefficient (Wildman–Crippen LogP) is 3.44. The molecule has 5 nitrogen and oxygen atoms in total. The molecule has 3 rings (SSSR count). The maximum atomic E-state index is 12.6. The third-order valence-electron chi connectivity index (χ3n) is 4.66. The summed E-state index contributed by atoms with van der Waals surface area (Å²) in [5.74, 6) is -0.310. The zero-order chi connectivity index (χ0) is 18.9. The molecule has 2 heterocycles. The molecule has 0 fully saturated rings. The van der Waals surface area contributed by atoms with Gasteiger partial charge in [0.2, 0.25) is 0 Å². The van der Waals surface area contributed by atoms with E-state index in [4.69, 9.17) is 0 Å². The Labute approximate surface area is 148 Å². The van der Waals surface area contributed by atoms with Crippen molar-refractivity contribution >= 4 is 5.97 Å². The molecule has 1 aliphatic heterocycles. The van der Waals surface area contributed by atoms with Gasteiger partial charge in [0, 0.05) is 19.5 Å². The maximum Gasteiger partial charge on any atom is 0.416 e. The minimum Gasteiger partial charge on any atom is -0.476 e. The highest BCUT2D eigenvalue weighted by Crippen LogP contribution is 2.30. The summed E-state index contributed by atoms with van der Waals surface area (Å²) in [6.07, 6.45) is -2.57. The number of alkyl halides is 3. The van der Waals surface area contributed by atoms with E-state index in [0.29, 0.717) is 38.0 Å². The number of aryl methyl sites for hydroxylation is 2. The van der Waals surface area contributed by atoms with E-state index in [2.05, 4.69) is 10.3 Å². The van der Waals surface area contributed by atoms with E-state index >= 15 is 0 Å². The van der Waals surface area contributed by atoms with Crippen LogP contribution < -0.4 is 5.32 Å². The lowest BCUT2D eigenvalue weighted by Gasteiger charge is -2.27. The number of carbonyl (C=O) groups is 1. The van der Waals surface area contributed by atoms with Crippen molar-refractivity contribution in [2.45, 2.75) is 44.9 Å². The first-order valence-electron chi connectivity index (χ1n) is 8.53. The number of carboxylic acids is 1. The van der Waals surface area contributed by atoms with E-state index in [1.54, 1.807) is 0 Å². The van der Waals surface area contributed by atoms with Crippen LogP contribution in [0, 0.1) is 0 Å². The van der Waals surface area contributed by atoms with Gasteiger partial charge < -0.3 is 15.0 Å². The van der Waals surface area contributed by atoms with Crippen LogP contribution in [-0.4, -0.2) is 27.2 Å². The predicted molar refractivity (Wildman–Crippen MR) is 89.1 cm³/mol. The van der Waals surface area contributed by atoms with Crippen LogP contribution in [0.2, 0.25) is 0 Å². The summed E-state index contributed by atoms with van der Waals surface area (Å²) in [7, 11) is 0. The number of benzene rings is 1. The third-order valence-corrected chi connectivity index (χ3v) is 4.66. The van der Waals surface area contributed by atoms with Crippen LogP contribution in [0.25, 0.3) is 0 Å². The Morgan fingerprint density at radius 1 is 1.35 bits per heavy atom. The molecule has 0 spiro atoms. The molecule has 1 aromatic heterocycles. The van der Waals surface area contributed by atoms with E-state index in [-0.39, 0.29) is 11.7 Å². The van der Waals surface area contributed by atoms with Gasteiger partial charge in [0.05, 0.1) is 17.3 Å². The number of imidazole rings is 1. The van der Waals surface area contributed by atoms with Crippen molar-refractivity contribution in [3.8, 4) is 0 Å². The van der Waals surface area contributed by atoms with Crippen molar-refractivity contribution in [1.82, 2.24) is 14.9 Å². The minimum absolute atomic E-state index is 0.0615. The summed E-state index contributed by atoms with van der Waals surface area (Å²) in [5.41, 5.74) is 0.832. The molecule has 0 bridgehead atoms. The maximum absolute atomic E-state index is 12.6. The van der Waals surface area contributed by atoms with Crippen molar-refractivity contribution in [3.63, 3.8) is 0 Å². The summed E-state index contributed by atoms with van der Waals surface area (Å²) in [6.45, 7) is 3.29. The van der Waals surface area contributed by atoms with E-state index in [1.807, 2.05) is 11.5 Å². The second-order valence-corrected chi connectivity index (χ2v) is 6.31. The second kappa shape index (κ2) is 7.11. The van der Waals surface area contributed by atoms with Gasteiger partial charge >= 0.3 is 12.1 Å². The molecule has 1 aliphatic rings. The highest BCUT2D eigenvalue weighted by atomic mass is 19.4. The molecule has 1 unspecified atom stereocenters. The molecule has 140 valence electrons. The quantitative estimate of drug-likeness (QED) is 0.850. The number of fused-ring (bicyclic) bond motifs is 1. The summed E-state index contributed by atoms with van der Waals surface area (Å²) >= 11 is 0. The van der Waals surface area contributed by atoms with Crippen LogP contribution in [0.15, 0.2) is 24.3 Å². The van der Waals surface area contributed by atoms with E-state index in [9.17, 15) is 23.1 Å². The van der Waals surface area contributed by atoms with Gasteiger partial charge in [-0.2, -0.15) is 13.2 Å². The fourth-order valence-corrected chi connectivity index (χ4v) is 3.40. The van der Waals surface area contributed by atoms with Gasteiger partial charge in [-0.3, -0.25) is 0 Å². The molecule has 2 N–H and O–H groups in total. The molecule has 0 saturated heterocycles. The fourth-order valence-electron chi connectivity index (χ4n) is 3.40. The normalized spacial score (nSPS) is 17.2. The zero-order valence-electron chi connectivity index (χ0n) is 14.3. The molecule has 2 aromatic rings. The Hall–Kier alpha value is -2.35. The van der Waals surface area contributed by atoms with Gasteiger partial charge in [0.25, 0.3) is 0 Å². The van der Waals surface area contributed by atoms with Crippen LogP contribution >= 0.6 is 0 Å². The van der Waals surface area contributed by atoms with Crippen LogP contribution in [-0.2, 0) is 25.6 Å². The number of nitrogens with one attached hydrogen (secondary N) is 1. The van der Waals surface area contributed by atoms with Crippen LogP contribution in [0.5, 0.6) is 0 Å². The lowest BCUT2D eigenvalue weighted by atomic mass is 9.99. The Morgan fingerprint density at radius 3 is 2.62 bits per heavy atom. The van der Waals surface area contributed by atoms with Crippen molar-refractivity contribution in [1.29, 1.82) is 0 Å². The summed E-state index contributed by atoms with van der Waals surface area (Å²) in [5, 5.41) is 12.8. The first-order valence-corrected chi connectivity index (χ1v) is 8.53. The molecule has 1 aromatic carbocycles. The van der Waals surface area contributed by atoms with Crippen molar-refractivity contribution < 1.29 is 23.1 Å². The van der Waals surface area contributed by atoms with Crippen LogP contribution in [0.3, 0.4) is 0 Å². The first-order chi connectivity index (χ1) is 12.3. The number of halogens is 3. The highest BCUT2D eigenvalue weighted by Gasteiger charge is 2.31. The van der Waals surface area contributed by atoms with Crippen molar-refractivity contribution in [3.05, 3.63) is 52.6 Å². The standard InChI is InChI=1S/C18H20F3N3O2/c1-2-14-23-15(17(25)26)16-13(22-9-10-24(14)16)8-5-11-3-6-12(7-4-11)18(19,20)21/h3-4,6-7,13,22H,2,5,8-10H2,1H3,(H,25,26). The zero-order valence-corrected chi connectivity index (χ0v) is 14.3. The molecule has 8 heteroatoms. The number of aromatic nitrogens is 2. The monoisotopic (exact) mass is 367 g/mol. The van der Waals surface area contributed by atoms with E-state index in [0.717, 1.165) is 23.5 Å². The van der Waals surface area contributed by atoms with Crippen molar-refractivity contribution in [2.75, 3.05) is 6.54 Å². The largest absolute Gasteiger partial charge is 0.476 e. The summed E-state index contributed by atoms with van der Waals surface area (Å²) < 4.78 is 39.9. The molecule has 1 atom stereocenters. The lowest BCUT2D eigenvalue weighted by Crippen LogP contribution is -2.35. The topological polar surface area (TPSA) is 67.1 Å². The SMILES string of the molecule is CCc1nc(C(=O)O)c2n1CCNC2CCc1ccc(C(F)(F)F)cc1. The Bertz CT molecular complexity index is 797. The number of hydrogen-bond donors (Lipinski definition) is 2. The molecule has 26 heavy (non-hydrogen) atoms. The van der Waals surface area contributed by atoms with E-state index < -0.39 is 17.7 Å². The number of carboxylic acid groups (broad SMARTS) is 1. The van der Waals surface area contributed by atoms with Crippen molar-refractivity contribution in [2.24, 2.45) is 0 Å². The molecular formula is C18H20F3N3O2. The Balaban J connectivity index is 1.78. The average molecular weight is 367 g/mol. The van der Waals surface area contributed by atoms with Crippen LogP contribution in [0.1, 0.15) is 52.5 Å². The highest BCUT2D eigenvalue weighted by molar-refractivity contribution is 5.87. The van der Waals surface area contributed by atoms with Gasteiger partial charge in [-0.15, -0.1) is 0 Å². The number of hydrogen-bond acceptors (Lipinski definition) is 3. The average Bonchev–Trinajstić information content (AvgIpc) is 2.99. The number of rotatable bonds is 5. The molecule has 0 amide bonds. The summed E-state index contributed by atoms with van der Waals surface area (Å²) in [6, 6.07) is 4.90. The Morgan fingerprint density at radius 2 is 2.04 bits per heavy atom. The Kier molecular flexibility index (Phi) is 5.04. The van der Waals surface area contributed by atoms with Gasteiger partial charge in [-0.25, -0.2) is 9.78 Å². The smallest absolute Gasteiger partial charge is 0.416 e.